The number of nitrogen functional groups attached to an aromatic ring is 1. The maximum absolute atomic E-state index is 14.2. The lowest BCUT2D eigenvalue weighted by Crippen LogP contribution is -2.45. The number of nitrogens with two attached hydrogens (primary N) is 2. The van der Waals surface area contributed by atoms with Crippen LogP contribution >= 0.6 is 11.5 Å². The van der Waals surface area contributed by atoms with Gasteiger partial charge in [-0.05, 0) is 53.3 Å². The summed E-state index contributed by atoms with van der Waals surface area (Å²) in [7, 11) is 1.54. The standard InChI is InChI=1S/C27H28N6O4S/c1-3-16-7-4-5-9-20(16)33(27(36)24-21(28)22(25(29)34)32-38-24)23(26(35)31-13-14-37-2)18-10-11-19-17(15-18)8-6-12-30-19/h4-12,15,23H,3,13-14,28H2,1-2H3,(H2,29,34)(H,31,35)/t23-/m1/s1. The Hall–Kier alpha value is -4.35. The lowest BCUT2D eigenvalue weighted by Gasteiger charge is -2.32. The van der Waals surface area contributed by atoms with Crippen molar-refractivity contribution >= 4 is 51.5 Å². The van der Waals surface area contributed by atoms with Crippen LogP contribution in [0.3, 0.4) is 0 Å². The number of ether oxygens (including phenoxy) is 1. The van der Waals surface area contributed by atoms with Crippen molar-refractivity contribution in [3.05, 3.63) is 82.5 Å². The van der Waals surface area contributed by atoms with Gasteiger partial charge in [-0.25, -0.2) is 0 Å². The third-order valence-electron chi connectivity index (χ3n) is 6.06. The molecule has 3 amide bonds. The fourth-order valence-electron chi connectivity index (χ4n) is 4.20. The second kappa shape index (κ2) is 11.8. The van der Waals surface area contributed by atoms with Gasteiger partial charge in [0.1, 0.15) is 10.9 Å². The fraction of sp³-hybridized carbons (Fsp3) is 0.222. The zero-order chi connectivity index (χ0) is 27.2. The molecule has 4 rings (SSSR count). The predicted octanol–water partition coefficient (Wildman–Crippen LogP) is 3.09. The maximum Gasteiger partial charge on any atom is 0.273 e. The molecule has 0 saturated carbocycles. The SMILES string of the molecule is CCc1ccccc1N(C(=O)c1snc(C(N)=O)c1N)[C@@H](C(=O)NCCOC)c1ccc2ncccc2c1. The molecule has 0 unspecified atom stereocenters. The lowest BCUT2D eigenvalue weighted by atomic mass is 9.99. The molecule has 0 radical (unpaired) electrons. The number of pyridine rings is 1. The van der Waals surface area contributed by atoms with Gasteiger partial charge in [-0.3, -0.25) is 24.3 Å². The van der Waals surface area contributed by atoms with Crippen LogP contribution in [0.2, 0.25) is 0 Å². The largest absolute Gasteiger partial charge is 0.395 e. The highest BCUT2D eigenvalue weighted by Crippen LogP contribution is 2.35. The van der Waals surface area contributed by atoms with Crippen LogP contribution in [-0.4, -0.2) is 47.3 Å². The Morgan fingerprint density at radius 2 is 1.92 bits per heavy atom. The zero-order valence-electron chi connectivity index (χ0n) is 21.0. The molecule has 2 aromatic heterocycles. The molecular formula is C27H28N6O4S. The van der Waals surface area contributed by atoms with E-state index in [-0.39, 0.29) is 22.8 Å². The van der Waals surface area contributed by atoms with Crippen molar-refractivity contribution in [2.24, 2.45) is 5.73 Å². The number of hydrogen-bond acceptors (Lipinski definition) is 8. The van der Waals surface area contributed by atoms with Crippen molar-refractivity contribution in [1.29, 1.82) is 0 Å². The third-order valence-corrected chi connectivity index (χ3v) is 6.91. The molecule has 10 nitrogen and oxygen atoms in total. The molecule has 0 aliphatic rings. The predicted molar refractivity (Wildman–Crippen MR) is 147 cm³/mol. The number of carbonyl (C=O) groups is 3. The number of carbonyl (C=O) groups excluding carboxylic acids is 3. The van der Waals surface area contributed by atoms with Gasteiger partial charge in [0, 0.05) is 30.9 Å². The highest BCUT2D eigenvalue weighted by Gasteiger charge is 2.36. The summed E-state index contributed by atoms with van der Waals surface area (Å²) in [5.74, 6) is -1.83. The van der Waals surface area contributed by atoms with Crippen LogP contribution in [0.5, 0.6) is 0 Å². The third kappa shape index (κ3) is 5.34. The summed E-state index contributed by atoms with van der Waals surface area (Å²) in [6, 6.07) is 15.4. The van der Waals surface area contributed by atoms with E-state index in [9.17, 15) is 14.4 Å². The van der Waals surface area contributed by atoms with E-state index < -0.39 is 23.8 Å². The molecule has 0 spiro atoms. The number of methoxy groups -OCH3 is 1. The molecule has 11 heteroatoms. The molecule has 5 N–H and O–H groups in total. The van der Waals surface area contributed by atoms with Crippen molar-refractivity contribution in [1.82, 2.24) is 14.7 Å². The van der Waals surface area contributed by atoms with E-state index >= 15 is 0 Å². The van der Waals surface area contributed by atoms with Gasteiger partial charge in [-0.2, -0.15) is 4.37 Å². The van der Waals surface area contributed by atoms with Crippen LogP contribution in [0.4, 0.5) is 11.4 Å². The first-order valence-corrected chi connectivity index (χ1v) is 12.7. The quantitative estimate of drug-likeness (QED) is 0.265. The highest BCUT2D eigenvalue weighted by atomic mass is 32.1. The number of benzene rings is 2. The summed E-state index contributed by atoms with van der Waals surface area (Å²) >= 11 is 0.769. The van der Waals surface area contributed by atoms with Gasteiger partial charge in [0.2, 0.25) is 5.91 Å². The van der Waals surface area contributed by atoms with Crippen molar-refractivity contribution < 1.29 is 19.1 Å². The van der Waals surface area contributed by atoms with Crippen molar-refractivity contribution in [2.75, 3.05) is 30.9 Å². The van der Waals surface area contributed by atoms with Crippen molar-refractivity contribution in [2.45, 2.75) is 19.4 Å². The van der Waals surface area contributed by atoms with E-state index in [0.29, 0.717) is 24.3 Å². The molecule has 0 bridgehead atoms. The van der Waals surface area contributed by atoms with Crippen molar-refractivity contribution in [3.8, 4) is 0 Å². The molecule has 2 aromatic carbocycles. The number of para-hydroxylation sites is 1. The van der Waals surface area contributed by atoms with Gasteiger partial charge in [0.05, 0.1) is 17.8 Å². The Labute approximate surface area is 223 Å². The first kappa shape index (κ1) is 26.7. The van der Waals surface area contributed by atoms with Gasteiger partial charge in [-0.1, -0.05) is 37.3 Å². The molecule has 1 atom stereocenters. The Morgan fingerprint density at radius 1 is 1.13 bits per heavy atom. The van der Waals surface area contributed by atoms with Crippen molar-refractivity contribution in [3.63, 3.8) is 0 Å². The molecule has 38 heavy (non-hydrogen) atoms. The second-order valence-electron chi connectivity index (χ2n) is 8.44. The van der Waals surface area contributed by atoms with E-state index in [1.54, 1.807) is 36.5 Å². The Bertz CT molecular complexity index is 1490. The topological polar surface area (TPSA) is 154 Å². The second-order valence-corrected chi connectivity index (χ2v) is 9.21. The summed E-state index contributed by atoms with van der Waals surface area (Å²) in [4.78, 5) is 45.6. The van der Waals surface area contributed by atoms with Gasteiger partial charge in [-0.15, -0.1) is 0 Å². The highest BCUT2D eigenvalue weighted by molar-refractivity contribution is 7.09. The number of rotatable bonds is 10. The average Bonchev–Trinajstić information content (AvgIpc) is 3.32. The van der Waals surface area contributed by atoms with E-state index in [4.69, 9.17) is 16.2 Å². The molecule has 196 valence electrons. The van der Waals surface area contributed by atoms with Crippen LogP contribution < -0.4 is 21.7 Å². The first-order valence-electron chi connectivity index (χ1n) is 11.9. The monoisotopic (exact) mass is 532 g/mol. The summed E-state index contributed by atoms with van der Waals surface area (Å²) in [6.07, 6.45) is 2.29. The number of nitrogens with one attached hydrogen (secondary N) is 1. The Morgan fingerprint density at radius 3 is 2.63 bits per heavy atom. The van der Waals surface area contributed by atoms with Gasteiger partial charge in [0.25, 0.3) is 11.8 Å². The Kier molecular flexibility index (Phi) is 8.29. The van der Waals surface area contributed by atoms with Crippen LogP contribution in [0.15, 0.2) is 60.8 Å². The fourth-order valence-corrected chi connectivity index (χ4v) is 4.95. The summed E-state index contributed by atoms with van der Waals surface area (Å²) in [5, 5.41) is 3.68. The molecule has 0 aliphatic carbocycles. The number of fused-ring (bicyclic) bond motifs is 1. The van der Waals surface area contributed by atoms with Crippen LogP contribution in [-0.2, 0) is 16.0 Å². The normalized spacial score (nSPS) is 11.7. The minimum absolute atomic E-state index is 0.0156. The number of aromatic nitrogens is 2. The summed E-state index contributed by atoms with van der Waals surface area (Å²) < 4.78 is 9.11. The van der Waals surface area contributed by atoms with E-state index in [1.165, 1.54) is 12.0 Å². The van der Waals surface area contributed by atoms with Gasteiger partial charge in [0.15, 0.2) is 5.69 Å². The number of aryl methyl sites for hydroxylation is 1. The summed E-state index contributed by atoms with van der Waals surface area (Å²) in [5.41, 5.74) is 13.9. The van der Waals surface area contributed by atoms with E-state index in [0.717, 1.165) is 28.0 Å². The Balaban J connectivity index is 1.93. The molecular weight excluding hydrogens is 504 g/mol. The minimum Gasteiger partial charge on any atom is -0.395 e. The number of nitrogens with zero attached hydrogens (tertiary/aromatic N) is 3. The van der Waals surface area contributed by atoms with Gasteiger partial charge >= 0.3 is 0 Å². The van der Waals surface area contributed by atoms with Crippen LogP contribution in [0, 0.1) is 0 Å². The molecule has 4 aromatic rings. The number of hydrogen-bond donors (Lipinski definition) is 3. The average molecular weight is 533 g/mol. The van der Waals surface area contributed by atoms with E-state index in [1.807, 2.05) is 31.2 Å². The lowest BCUT2D eigenvalue weighted by molar-refractivity contribution is -0.122. The molecule has 2 heterocycles. The van der Waals surface area contributed by atoms with E-state index in [2.05, 4.69) is 14.7 Å². The molecule has 0 aliphatic heterocycles. The number of amides is 3. The zero-order valence-corrected chi connectivity index (χ0v) is 21.8. The minimum atomic E-state index is -1.09. The van der Waals surface area contributed by atoms with Crippen LogP contribution in [0.25, 0.3) is 10.9 Å². The van der Waals surface area contributed by atoms with Gasteiger partial charge < -0.3 is 21.5 Å². The summed E-state index contributed by atoms with van der Waals surface area (Å²) in [6.45, 7) is 2.50. The maximum atomic E-state index is 14.2. The molecule has 0 fully saturated rings. The van der Waals surface area contributed by atoms with Crippen LogP contribution in [0.1, 0.15) is 44.3 Å². The number of primary amides is 1. The first-order chi connectivity index (χ1) is 18.4. The smallest absolute Gasteiger partial charge is 0.273 e. The number of anilines is 2. The molecule has 0 saturated heterocycles.